The molecule has 9 nitrogen and oxygen atoms in total. The van der Waals surface area contributed by atoms with Crippen molar-refractivity contribution in [2.75, 3.05) is 27.0 Å². The number of nitrogens with one attached hydrogen (secondary N) is 3. The van der Waals surface area contributed by atoms with Crippen molar-refractivity contribution in [1.29, 1.82) is 0 Å². The molecule has 0 spiro atoms. The van der Waals surface area contributed by atoms with Gasteiger partial charge in [0.15, 0.2) is 11.2 Å². The molecule has 1 unspecified atom stereocenters. The number of urea groups is 1. The molecule has 3 N–H and O–H groups in total. The molecule has 10 heteroatoms. The Bertz CT molecular complexity index is 1130. The first-order chi connectivity index (χ1) is 16.7. The first-order valence-corrected chi connectivity index (χ1v) is 11.6. The summed E-state index contributed by atoms with van der Waals surface area (Å²) in [7, 11) is 5.20. The largest absolute Gasteiger partial charge is 0.497 e. The minimum Gasteiger partial charge on any atom is -0.497 e. The maximum absolute atomic E-state index is 11.5. The lowest BCUT2D eigenvalue weighted by atomic mass is 10.1. The number of benzene rings is 1. The molecule has 184 valence electrons. The number of aliphatic imine (C=N–C) groups is 1. The van der Waals surface area contributed by atoms with Crippen LogP contribution < -0.4 is 20.7 Å². The van der Waals surface area contributed by atoms with Crippen molar-refractivity contribution in [2.45, 2.75) is 19.5 Å². The number of methoxy groups -OCH3 is 1. The van der Waals surface area contributed by atoms with Gasteiger partial charge in [-0.3, -0.25) is 19.9 Å². The van der Waals surface area contributed by atoms with Gasteiger partial charge in [-0.2, -0.15) is 0 Å². The van der Waals surface area contributed by atoms with Crippen molar-refractivity contribution in [3.05, 3.63) is 65.9 Å². The number of fused-ring (bicyclic) bond motifs is 1. The standard InChI is InChI=1S/C10H11NO2.C9H8N2O2.C6H10N2S/c1-11-6-7-3-4-8(13-2)5-9(7)10(11)12;1-3-6(2)4-5-7-8(12)11-9(13)10-7;1-3-5-4-9-6(7-2)8-5/h3-5H,6H2,1-2H3;3,7H,1-2H2,(H2,10,11,12,13);3H,4H2,1-2H3,(H,7,8)/b;;5-3+. The molecule has 2 fully saturated rings. The summed E-state index contributed by atoms with van der Waals surface area (Å²) in [5.41, 5.74) is 3.62. The number of allylic oxidation sites excluding steroid dienone is 3. The van der Waals surface area contributed by atoms with Gasteiger partial charge in [0.05, 0.1) is 7.11 Å². The van der Waals surface area contributed by atoms with Gasteiger partial charge in [-0.15, -0.1) is 0 Å². The molecule has 4 amide bonds. The lowest BCUT2D eigenvalue weighted by molar-refractivity contribution is -0.119. The van der Waals surface area contributed by atoms with Gasteiger partial charge in [0.2, 0.25) is 0 Å². The van der Waals surface area contributed by atoms with Crippen molar-refractivity contribution in [3.63, 3.8) is 0 Å². The van der Waals surface area contributed by atoms with Crippen LogP contribution in [0.5, 0.6) is 5.75 Å². The monoisotopic (exact) mass is 495 g/mol. The highest BCUT2D eigenvalue weighted by atomic mass is 32.2. The predicted octanol–water partition coefficient (Wildman–Crippen LogP) is 2.43. The zero-order valence-electron chi connectivity index (χ0n) is 20.2. The molecule has 1 aromatic rings. The van der Waals surface area contributed by atoms with Crippen LogP contribution in [0.4, 0.5) is 4.79 Å². The Labute approximate surface area is 209 Å². The Morgan fingerprint density at radius 2 is 2.06 bits per heavy atom. The van der Waals surface area contributed by atoms with Crippen molar-refractivity contribution in [3.8, 4) is 17.6 Å². The smallest absolute Gasteiger partial charge is 0.322 e. The van der Waals surface area contributed by atoms with Crippen LogP contribution in [0.25, 0.3) is 0 Å². The van der Waals surface area contributed by atoms with Gasteiger partial charge in [0.1, 0.15) is 5.75 Å². The fourth-order valence-corrected chi connectivity index (χ4v) is 3.78. The van der Waals surface area contributed by atoms with Gasteiger partial charge >= 0.3 is 6.03 Å². The van der Waals surface area contributed by atoms with E-state index >= 15 is 0 Å². The van der Waals surface area contributed by atoms with E-state index in [4.69, 9.17) is 4.74 Å². The molecule has 1 atom stereocenters. The topological polar surface area (TPSA) is 112 Å². The lowest BCUT2D eigenvalue weighted by Gasteiger charge is -2.04. The third-order valence-electron chi connectivity index (χ3n) is 4.88. The molecule has 0 bridgehead atoms. The summed E-state index contributed by atoms with van der Waals surface area (Å²) in [6.45, 7) is 9.73. The Kier molecular flexibility index (Phi) is 10.2. The Balaban J connectivity index is 0.000000189. The molecule has 3 aliphatic heterocycles. The van der Waals surface area contributed by atoms with Gasteiger partial charge in [0, 0.05) is 43.2 Å². The average molecular weight is 496 g/mol. The molecular formula is C25H29N5O4S. The number of hydrogen-bond acceptors (Lipinski definition) is 6. The molecule has 35 heavy (non-hydrogen) atoms. The number of carbonyl (C=O) groups excluding carboxylic acids is 3. The van der Waals surface area contributed by atoms with Crippen LogP contribution in [0, 0.1) is 11.8 Å². The van der Waals surface area contributed by atoms with Crippen molar-refractivity contribution >= 4 is 34.8 Å². The van der Waals surface area contributed by atoms with E-state index in [1.165, 1.54) is 11.8 Å². The third-order valence-corrected chi connectivity index (χ3v) is 5.90. The Hall–Kier alpha value is -3.97. The Morgan fingerprint density at radius 3 is 2.57 bits per heavy atom. The highest BCUT2D eigenvalue weighted by Crippen LogP contribution is 2.25. The van der Waals surface area contributed by atoms with E-state index in [-0.39, 0.29) is 5.91 Å². The predicted molar refractivity (Wildman–Crippen MR) is 139 cm³/mol. The number of amides is 4. The van der Waals surface area contributed by atoms with Gasteiger partial charge in [-0.05, 0) is 24.6 Å². The molecule has 0 radical (unpaired) electrons. The number of amidine groups is 1. The molecule has 0 aromatic heterocycles. The van der Waals surface area contributed by atoms with Gasteiger partial charge in [0.25, 0.3) is 11.8 Å². The molecule has 4 rings (SSSR count). The van der Waals surface area contributed by atoms with Crippen LogP contribution in [0.15, 0.2) is 59.8 Å². The highest BCUT2D eigenvalue weighted by molar-refractivity contribution is 8.14. The van der Waals surface area contributed by atoms with E-state index in [1.807, 2.05) is 19.1 Å². The average Bonchev–Trinajstić information content (AvgIpc) is 3.55. The second kappa shape index (κ2) is 13.1. The molecular weight excluding hydrogens is 466 g/mol. The minimum atomic E-state index is -0.774. The highest BCUT2D eigenvalue weighted by Gasteiger charge is 2.27. The summed E-state index contributed by atoms with van der Waals surface area (Å²) >= 11 is 1.75. The quantitative estimate of drug-likeness (QED) is 0.330. The zero-order valence-corrected chi connectivity index (χ0v) is 21.0. The fourth-order valence-electron chi connectivity index (χ4n) is 2.92. The molecule has 2 saturated heterocycles. The number of thioether (sulfide) groups is 1. The molecule has 1 aromatic carbocycles. The normalized spacial score (nSPS) is 19.7. The van der Waals surface area contributed by atoms with E-state index in [2.05, 4.69) is 52.0 Å². The van der Waals surface area contributed by atoms with Crippen LogP contribution in [0.3, 0.4) is 0 Å². The van der Waals surface area contributed by atoms with Crippen LogP contribution in [0.1, 0.15) is 22.8 Å². The minimum absolute atomic E-state index is 0.0777. The second-order valence-electron chi connectivity index (χ2n) is 7.34. The summed E-state index contributed by atoms with van der Waals surface area (Å²) < 4.78 is 5.05. The van der Waals surface area contributed by atoms with Gasteiger partial charge in [-0.25, -0.2) is 4.79 Å². The lowest BCUT2D eigenvalue weighted by Crippen LogP contribution is -2.26. The zero-order chi connectivity index (χ0) is 26.0. The summed E-state index contributed by atoms with van der Waals surface area (Å²) in [5.74, 6) is 6.56. The van der Waals surface area contributed by atoms with E-state index < -0.39 is 18.0 Å². The molecule has 3 aliphatic rings. The summed E-state index contributed by atoms with van der Waals surface area (Å²) in [6.07, 6.45) is 3.55. The summed E-state index contributed by atoms with van der Waals surface area (Å²) in [5, 5.41) is 8.59. The maximum atomic E-state index is 11.5. The van der Waals surface area contributed by atoms with Crippen molar-refractivity contribution in [2.24, 2.45) is 4.99 Å². The van der Waals surface area contributed by atoms with Crippen molar-refractivity contribution in [1.82, 2.24) is 20.9 Å². The Morgan fingerprint density at radius 1 is 1.31 bits per heavy atom. The van der Waals surface area contributed by atoms with Crippen molar-refractivity contribution < 1.29 is 19.1 Å². The number of nitrogens with zero attached hydrogens (tertiary/aromatic N) is 2. The second-order valence-corrected chi connectivity index (χ2v) is 8.30. The van der Waals surface area contributed by atoms with Crippen LogP contribution in [0.2, 0.25) is 0 Å². The maximum Gasteiger partial charge on any atom is 0.322 e. The van der Waals surface area contributed by atoms with Gasteiger partial charge < -0.3 is 20.3 Å². The van der Waals surface area contributed by atoms with Crippen LogP contribution >= 0.6 is 11.8 Å². The van der Waals surface area contributed by atoms with E-state index in [0.717, 1.165) is 27.8 Å². The first-order valence-electron chi connectivity index (χ1n) is 10.6. The number of imide groups is 1. The number of ether oxygens (including phenoxy) is 1. The summed E-state index contributed by atoms with van der Waals surface area (Å²) in [6, 6.07) is 4.32. The third kappa shape index (κ3) is 7.79. The number of rotatable bonds is 2. The van der Waals surface area contributed by atoms with E-state index in [1.54, 1.807) is 43.9 Å². The summed E-state index contributed by atoms with van der Waals surface area (Å²) in [4.78, 5) is 38.8. The van der Waals surface area contributed by atoms with Crippen LogP contribution in [-0.2, 0) is 11.3 Å². The van der Waals surface area contributed by atoms with Crippen LogP contribution in [-0.4, -0.2) is 60.9 Å². The number of carbonyl (C=O) groups is 3. The fraction of sp³-hybridized carbons (Fsp3) is 0.280. The van der Waals surface area contributed by atoms with E-state index in [9.17, 15) is 14.4 Å². The molecule has 0 aliphatic carbocycles. The first kappa shape index (κ1) is 27.3. The molecule has 3 heterocycles. The van der Waals surface area contributed by atoms with E-state index in [0.29, 0.717) is 12.1 Å². The SMILES string of the molecule is C/C=C1\CSC(=NC)N1.C=CC(=C)C#CC1NC(=O)NC1=O.COc1ccc2c(c1)C(=O)N(C)C2. The number of hydrogen-bond donors (Lipinski definition) is 3. The molecule has 0 saturated carbocycles. The van der Waals surface area contributed by atoms with Gasteiger partial charge in [-0.1, -0.05) is 55.0 Å².